The molecule has 0 bridgehead atoms. The van der Waals surface area contributed by atoms with Gasteiger partial charge < -0.3 is 14.7 Å². The lowest BCUT2D eigenvalue weighted by Crippen LogP contribution is -2.58. The minimum absolute atomic E-state index is 0.119. The molecule has 2 amide bonds. The van der Waals surface area contributed by atoms with Crippen LogP contribution in [0.15, 0.2) is 65.4 Å². The van der Waals surface area contributed by atoms with Crippen LogP contribution in [-0.2, 0) is 22.6 Å². The Bertz CT molecular complexity index is 1020. The van der Waals surface area contributed by atoms with E-state index in [4.69, 9.17) is 4.52 Å². The minimum atomic E-state index is -0.985. The quantitative estimate of drug-likeness (QED) is 0.682. The van der Waals surface area contributed by atoms with Crippen molar-refractivity contribution < 1.29 is 14.1 Å². The lowest BCUT2D eigenvalue weighted by Gasteiger charge is -2.36. The smallest absolute Gasteiger partial charge is 0.246 e. The highest BCUT2D eigenvalue weighted by Crippen LogP contribution is 2.34. The predicted octanol–water partition coefficient (Wildman–Crippen LogP) is 2.98. The van der Waals surface area contributed by atoms with Crippen molar-refractivity contribution in [2.75, 3.05) is 6.54 Å². The second-order valence-electron chi connectivity index (χ2n) is 7.57. The lowest BCUT2D eigenvalue weighted by atomic mass is 9.89. The molecule has 0 radical (unpaired) electrons. The van der Waals surface area contributed by atoms with Crippen molar-refractivity contribution in [1.82, 2.24) is 20.4 Å². The normalized spacial score (nSPS) is 18.4. The van der Waals surface area contributed by atoms with Crippen LogP contribution in [0.4, 0.5) is 0 Å². The first-order valence-electron chi connectivity index (χ1n) is 10.0. The predicted molar refractivity (Wildman–Crippen MR) is 111 cm³/mol. The Morgan fingerprint density at radius 2 is 2.03 bits per heavy atom. The van der Waals surface area contributed by atoms with Gasteiger partial charge in [-0.25, -0.2) is 0 Å². The van der Waals surface area contributed by atoms with Crippen LogP contribution in [0.3, 0.4) is 0 Å². The Labute approximate surface area is 175 Å². The first kappa shape index (κ1) is 19.8. The summed E-state index contributed by atoms with van der Waals surface area (Å²) in [6.07, 6.45) is 5.03. The molecule has 7 heteroatoms. The molecule has 0 saturated carbocycles. The molecule has 1 aliphatic rings. The lowest BCUT2D eigenvalue weighted by molar-refractivity contribution is -0.144. The average Bonchev–Trinajstić information content (AvgIpc) is 3.41. The van der Waals surface area contributed by atoms with Crippen LogP contribution in [0.2, 0.25) is 0 Å². The minimum Gasteiger partial charge on any atom is -0.361 e. The van der Waals surface area contributed by atoms with Gasteiger partial charge in [-0.3, -0.25) is 14.6 Å². The van der Waals surface area contributed by atoms with Crippen molar-refractivity contribution in [1.29, 1.82) is 0 Å². The fraction of sp³-hybridized carbons (Fsp3) is 0.304. The molecule has 0 spiro atoms. The average molecular weight is 404 g/mol. The Balaban J connectivity index is 1.58. The summed E-state index contributed by atoms with van der Waals surface area (Å²) in [6, 6.07) is 15.3. The van der Waals surface area contributed by atoms with E-state index in [1.165, 1.54) is 6.92 Å². The molecule has 4 rings (SSSR count). The van der Waals surface area contributed by atoms with Crippen molar-refractivity contribution in [3.05, 3.63) is 72.2 Å². The largest absolute Gasteiger partial charge is 0.361 e. The zero-order valence-corrected chi connectivity index (χ0v) is 16.9. The van der Waals surface area contributed by atoms with Gasteiger partial charge in [0.25, 0.3) is 0 Å². The molecule has 1 aromatic carbocycles. The maximum absolute atomic E-state index is 13.3. The van der Waals surface area contributed by atoms with Gasteiger partial charge in [0, 0.05) is 50.5 Å². The molecule has 2 aromatic heterocycles. The van der Waals surface area contributed by atoms with Crippen molar-refractivity contribution in [2.45, 2.75) is 38.3 Å². The number of carbonyl (C=O) groups excluding carboxylic acids is 2. The molecule has 1 atom stereocenters. The van der Waals surface area contributed by atoms with E-state index in [0.29, 0.717) is 31.0 Å². The maximum atomic E-state index is 13.3. The van der Waals surface area contributed by atoms with Gasteiger partial charge in [0.05, 0.1) is 0 Å². The molecule has 1 saturated heterocycles. The topological polar surface area (TPSA) is 88.3 Å². The standard InChI is InChI=1S/C23H24N4O3/c1-17(28)27-12-6-10-23(27,22(29)25-16-18-7-5-11-24-15-18)14-20-13-21(26-30-20)19-8-3-2-4-9-19/h2-5,7-9,11,13,15H,6,10,12,14,16H2,1H3,(H,25,29)/t23-/m0/s1. The van der Waals surface area contributed by atoms with Gasteiger partial charge in [-0.1, -0.05) is 41.6 Å². The molecular formula is C23H24N4O3. The zero-order chi connectivity index (χ0) is 21.0. The third-order valence-electron chi connectivity index (χ3n) is 5.56. The van der Waals surface area contributed by atoms with Crippen LogP contribution in [-0.4, -0.2) is 38.9 Å². The van der Waals surface area contributed by atoms with Crippen molar-refractivity contribution in [2.24, 2.45) is 0 Å². The SMILES string of the molecule is CC(=O)N1CCC[C@]1(Cc1cc(-c2ccccc2)no1)C(=O)NCc1cccnc1. The number of aromatic nitrogens is 2. The third-order valence-corrected chi connectivity index (χ3v) is 5.56. The molecule has 1 aliphatic heterocycles. The number of hydrogen-bond acceptors (Lipinski definition) is 5. The summed E-state index contributed by atoms with van der Waals surface area (Å²) >= 11 is 0. The fourth-order valence-corrected chi connectivity index (χ4v) is 4.12. The van der Waals surface area contributed by atoms with Gasteiger partial charge in [0.15, 0.2) is 0 Å². The number of hydrogen-bond donors (Lipinski definition) is 1. The number of rotatable bonds is 6. The molecule has 0 aliphatic carbocycles. The van der Waals surface area contributed by atoms with Crippen molar-refractivity contribution in [3.8, 4) is 11.3 Å². The van der Waals surface area contributed by atoms with Crippen LogP contribution < -0.4 is 5.32 Å². The van der Waals surface area contributed by atoms with Crippen molar-refractivity contribution >= 4 is 11.8 Å². The second kappa shape index (κ2) is 8.49. The molecular weight excluding hydrogens is 380 g/mol. The van der Waals surface area contributed by atoms with Gasteiger partial charge >= 0.3 is 0 Å². The van der Waals surface area contributed by atoms with Crippen LogP contribution in [0, 0.1) is 0 Å². The molecule has 3 aromatic rings. The van der Waals surface area contributed by atoms with Crippen molar-refractivity contribution in [3.63, 3.8) is 0 Å². The van der Waals surface area contributed by atoms with Gasteiger partial charge in [0.1, 0.15) is 17.0 Å². The van der Waals surface area contributed by atoms with Gasteiger partial charge in [-0.15, -0.1) is 0 Å². The van der Waals surface area contributed by atoms with Crippen LogP contribution in [0.1, 0.15) is 31.1 Å². The Morgan fingerprint density at radius 3 is 2.77 bits per heavy atom. The third kappa shape index (κ3) is 3.96. The molecule has 0 unspecified atom stereocenters. The molecule has 154 valence electrons. The molecule has 3 heterocycles. The number of nitrogens with zero attached hydrogens (tertiary/aromatic N) is 3. The Morgan fingerprint density at radius 1 is 1.20 bits per heavy atom. The van der Waals surface area contributed by atoms with Gasteiger partial charge in [-0.2, -0.15) is 0 Å². The van der Waals surface area contributed by atoms with Crippen LogP contribution >= 0.6 is 0 Å². The number of likely N-dealkylation sites (tertiary alicyclic amines) is 1. The van der Waals surface area contributed by atoms with Crippen LogP contribution in [0.5, 0.6) is 0 Å². The highest BCUT2D eigenvalue weighted by atomic mass is 16.5. The molecule has 30 heavy (non-hydrogen) atoms. The number of pyridine rings is 1. The summed E-state index contributed by atoms with van der Waals surface area (Å²) in [6.45, 7) is 2.41. The summed E-state index contributed by atoms with van der Waals surface area (Å²) in [4.78, 5) is 31.4. The number of benzene rings is 1. The number of amides is 2. The summed E-state index contributed by atoms with van der Waals surface area (Å²) in [5, 5.41) is 7.15. The fourth-order valence-electron chi connectivity index (χ4n) is 4.12. The Hall–Kier alpha value is -3.48. The van der Waals surface area contributed by atoms with E-state index < -0.39 is 5.54 Å². The Kier molecular flexibility index (Phi) is 5.61. The summed E-state index contributed by atoms with van der Waals surface area (Å²) in [5.41, 5.74) is 1.57. The van der Waals surface area contributed by atoms with E-state index in [1.54, 1.807) is 17.3 Å². The summed E-state index contributed by atoms with van der Waals surface area (Å²) in [5.74, 6) is 0.280. The summed E-state index contributed by atoms with van der Waals surface area (Å²) in [7, 11) is 0. The number of nitrogens with one attached hydrogen (secondary N) is 1. The zero-order valence-electron chi connectivity index (χ0n) is 16.9. The van der Waals surface area contributed by atoms with E-state index in [2.05, 4.69) is 15.5 Å². The second-order valence-corrected chi connectivity index (χ2v) is 7.57. The summed E-state index contributed by atoms with van der Waals surface area (Å²) < 4.78 is 5.57. The molecule has 1 fully saturated rings. The van der Waals surface area contributed by atoms with E-state index in [9.17, 15) is 9.59 Å². The first-order valence-corrected chi connectivity index (χ1v) is 10.0. The highest BCUT2D eigenvalue weighted by Gasteiger charge is 2.49. The monoisotopic (exact) mass is 404 g/mol. The van der Waals surface area contributed by atoms with E-state index >= 15 is 0 Å². The van der Waals surface area contributed by atoms with Gasteiger partial charge in [-0.05, 0) is 24.5 Å². The van der Waals surface area contributed by atoms with E-state index in [1.807, 2.05) is 48.5 Å². The van der Waals surface area contributed by atoms with E-state index in [-0.39, 0.29) is 18.2 Å². The molecule has 1 N–H and O–H groups in total. The van der Waals surface area contributed by atoms with Gasteiger partial charge in [0.2, 0.25) is 11.8 Å². The first-order chi connectivity index (χ1) is 14.6. The number of carbonyl (C=O) groups is 2. The van der Waals surface area contributed by atoms with E-state index in [0.717, 1.165) is 17.5 Å². The van der Waals surface area contributed by atoms with Crippen LogP contribution in [0.25, 0.3) is 11.3 Å². The molecule has 7 nitrogen and oxygen atoms in total. The highest BCUT2D eigenvalue weighted by molar-refractivity contribution is 5.91. The maximum Gasteiger partial charge on any atom is 0.246 e.